The number of thiophene rings is 2. The Morgan fingerprint density at radius 2 is 1.27 bits per heavy atom. The lowest BCUT2D eigenvalue weighted by Gasteiger charge is -1.97. The minimum atomic E-state index is 0.462. The van der Waals surface area contributed by atoms with Crippen molar-refractivity contribution in [3.05, 3.63) is 77.2 Å². The van der Waals surface area contributed by atoms with Gasteiger partial charge in [0.25, 0.3) is 0 Å². The number of hydrogen-bond acceptors (Lipinski definition) is 11. The summed E-state index contributed by atoms with van der Waals surface area (Å²) in [5.74, 6) is 0. The number of hydrogen-bond donors (Lipinski definition) is 0. The molecule has 188 valence electrons. The molecule has 6 heterocycles. The van der Waals surface area contributed by atoms with Crippen LogP contribution in [-0.2, 0) is 0 Å². The molecule has 8 rings (SSSR count). The van der Waals surface area contributed by atoms with Gasteiger partial charge in [0, 0.05) is 11.1 Å². The fourth-order valence-electron chi connectivity index (χ4n) is 4.32. The lowest BCUT2D eigenvalue weighted by atomic mass is 10.1. The highest BCUT2D eigenvalue weighted by Crippen LogP contribution is 2.43. The second kappa shape index (κ2) is 9.35. The van der Waals surface area contributed by atoms with Crippen molar-refractivity contribution in [2.24, 2.45) is 0 Å². The van der Waals surface area contributed by atoms with Crippen LogP contribution >= 0.6 is 68.0 Å². The van der Waals surface area contributed by atoms with Crippen LogP contribution in [0, 0.1) is 17.9 Å². The molecule has 8 aromatic rings. The second-order valence-corrected chi connectivity index (χ2v) is 14.9. The van der Waals surface area contributed by atoms with Gasteiger partial charge in [-0.25, -0.2) is 15.0 Å². The quantitative estimate of drug-likeness (QED) is 0.183. The van der Waals surface area contributed by atoms with Crippen LogP contribution in [-0.4, -0.2) is 19.9 Å². The number of fused-ring (bicyclic) bond motifs is 3. The molecule has 0 spiro atoms. The number of rotatable bonds is 4. The Balaban J connectivity index is 1.13. The Labute approximate surface area is 250 Å². The number of nitrogens with zero attached hydrogens (tertiary/aromatic N) is 6. The van der Waals surface area contributed by atoms with Gasteiger partial charge in [0.15, 0.2) is 0 Å². The average molecular weight is 623 g/mol. The zero-order chi connectivity index (χ0) is 26.8. The predicted octanol–water partition coefficient (Wildman–Crippen LogP) is 10.2. The Kier molecular flexibility index (Phi) is 5.60. The monoisotopic (exact) mass is 622 g/mol. The Morgan fingerprint density at radius 1 is 0.625 bits per heavy atom. The number of nitriles is 1. The van der Waals surface area contributed by atoms with Gasteiger partial charge in [-0.15, -0.1) is 73.0 Å². The summed E-state index contributed by atoms with van der Waals surface area (Å²) in [7, 11) is 0. The molecule has 0 bridgehead atoms. The third-order valence-corrected chi connectivity index (χ3v) is 12.8. The van der Waals surface area contributed by atoms with Gasteiger partial charge in [-0.1, -0.05) is 6.57 Å². The SMILES string of the molecule is [C-]#[N+]c1ncc(-c2ccc(-c3nc4cc5cc6sc(-c7cnc(-c8ccc(C#N)s8)s7)nc6cc5cc4s3)s2)s1. The Morgan fingerprint density at radius 3 is 1.95 bits per heavy atom. The molecule has 0 aliphatic carbocycles. The van der Waals surface area contributed by atoms with E-state index in [1.165, 1.54) is 22.7 Å². The van der Waals surface area contributed by atoms with Crippen LogP contribution < -0.4 is 0 Å². The van der Waals surface area contributed by atoms with E-state index in [1.54, 1.807) is 51.5 Å². The summed E-state index contributed by atoms with van der Waals surface area (Å²) in [6, 6.07) is 18.9. The molecule has 12 heteroatoms. The first kappa shape index (κ1) is 24.0. The van der Waals surface area contributed by atoms with E-state index in [2.05, 4.69) is 57.3 Å². The largest absolute Gasteiger partial charge is 0.351 e. The molecule has 6 nitrogen and oxygen atoms in total. The van der Waals surface area contributed by atoms with Crippen LogP contribution in [0.1, 0.15) is 4.88 Å². The molecule has 0 N–H and O–H groups in total. The molecule has 0 amide bonds. The van der Waals surface area contributed by atoms with E-state index in [0.717, 1.165) is 70.6 Å². The van der Waals surface area contributed by atoms with E-state index in [0.29, 0.717) is 10.0 Å². The van der Waals surface area contributed by atoms with Gasteiger partial charge in [0.05, 0.1) is 39.9 Å². The molecule has 2 aromatic carbocycles. The zero-order valence-corrected chi connectivity index (χ0v) is 24.8. The van der Waals surface area contributed by atoms with Gasteiger partial charge < -0.3 is 4.85 Å². The van der Waals surface area contributed by atoms with Crippen molar-refractivity contribution in [1.29, 1.82) is 5.26 Å². The molecule has 0 saturated carbocycles. The van der Waals surface area contributed by atoms with Crippen LogP contribution in [0.15, 0.2) is 60.9 Å². The Bertz CT molecular complexity index is 2100. The van der Waals surface area contributed by atoms with E-state index in [-0.39, 0.29) is 0 Å². The Hall–Kier alpha value is -3.88. The maximum atomic E-state index is 9.13. The third kappa shape index (κ3) is 4.05. The molecule has 0 radical (unpaired) electrons. The lowest BCUT2D eigenvalue weighted by molar-refractivity contribution is 1.42. The standard InChI is InChI=1S/C28H10N6S6/c1-30-28-32-11-23(40-28)18-4-5-20(36-18)26-33-16-6-13-9-22-17(7-14(13)8-21(16)37-26)34-27(38-22)24-12-31-25(39-24)19-3-2-15(10-29)35-19/h2-9,11-12H. The smallest absolute Gasteiger partial charge is 0.329 e. The van der Waals surface area contributed by atoms with Gasteiger partial charge >= 0.3 is 5.13 Å². The maximum Gasteiger partial charge on any atom is 0.329 e. The van der Waals surface area contributed by atoms with Crippen molar-refractivity contribution >= 4 is 104 Å². The third-order valence-electron chi connectivity index (χ3n) is 6.15. The van der Waals surface area contributed by atoms with Crippen LogP contribution in [0.5, 0.6) is 0 Å². The van der Waals surface area contributed by atoms with Gasteiger partial charge in [0.2, 0.25) is 0 Å². The lowest BCUT2D eigenvalue weighted by Crippen LogP contribution is -1.76. The fourth-order valence-corrected chi connectivity index (χ4v) is 9.97. The first-order chi connectivity index (χ1) is 19.6. The molecule has 0 unspecified atom stereocenters. The highest BCUT2D eigenvalue weighted by atomic mass is 32.1. The average Bonchev–Trinajstić information content (AvgIpc) is 3.81. The summed E-state index contributed by atoms with van der Waals surface area (Å²) in [6.45, 7) is 7.16. The van der Waals surface area contributed by atoms with E-state index in [9.17, 15) is 0 Å². The summed E-state index contributed by atoms with van der Waals surface area (Å²) in [5.41, 5.74) is 1.96. The first-order valence-corrected chi connectivity index (χ1v) is 16.6. The highest BCUT2D eigenvalue weighted by molar-refractivity contribution is 7.29. The number of aromatic nitrogens is 4. The normalized spacial score (nSPS) is 11.4. The molecular weight excluding hydrogens is 613 g/mol. The molecule has 0 fully saturated rings. The molecule has 6 aromatic heterocycles. The maximum absolute atomic E-state index is 9.13. The predicted molar refractivity (Wildman–Crippen MR) is 170 cm³/mol. The molecule has 0 aliphatic heterocycles. The van der Waals surface area contributed by atoms with Crippen molar-refractivity contribution < 1.29 is 0 Å². The molecule has 40 heavy (non-hydrogen) atoms. The van der Waals surface area contributed by atoms with E-state index in [1.807, 2.05) is 18.3 Å². The van der Waals surface area contributed by atoms with E-state index >= 15 is 0 Å². The van der Waals surface area contributed by atoms with Crippen LogP contribution in [0.3, 0.4) is 0 Å². The first-order valence-electron chi connectivity index (χ1n) is 11.7. The summed E-state index contributed by atoms with van der Waals surface area (Å²) in [6.07, 6.45) is 3.64. The van der Waals surface area contributed by atoms with Gasteiger partial charge in [-0.3, -0.25) is 0 Å². The van der Waals surface area contributed by atoms with Crippen molar-refractivity contribution in [3.8, 4) is 45.5 Å². The summed E-state index contributed by atoms with van der Waals surface area (Å²) >= 11 is 9.51. The van der Waals surface area contributed by atoms with Crippen molar-refractivity contribution in [2.75, 3.05) is 0 Å². The van der Waals surface area contributed by atoms with Crippen molar-refractivity contribution in [2.45, 2.75) is 0 Å². The molecular formula is C28H10N6S6. The summed E-state index contributed by atoms with van der Waals surface area (Å²) in [4.78, 5) is 28.0. The van der Waals surface area contributed by atoms with E-state index < -0.39 is 0 Å². The van der Waals surface area contributed by atoms with E-state index in [4.69, 9.17) is 21.8 Å². The van der Waals surface area contributed by atoms with Gasteiger partial charge in [-0.2, -0.15) is 5.26 Å². The molecule has 0 atom stereocenters. The second-order valence-electron chi connectivity index (χ2n) is 8.61. The highest BCUT2D eigenvalue weighted by Gasteiger charge is 2.16. The van der Waals surface area contributed by atoms with Crippen LogP contribution in [0.25, 0.3) is 75.5 Å². The zero-order valence-electron chi connectivity index (χ0n) is 19.9. The summed E-state index contributed by atoms with van der Waals surface area (Å²) < 4.78 is 2.27. The molecule has 0 aliphatic rings. The fraction of sp³-hybridized carbons (Fsp3) is 0. The van der Waals surface area contributed by atoms with Crippen LogP contribution in [0.2, 0.25) is 0 Å². The minimum absolute atomic E-state index is 0.462. The van der Waals surface area contributed by atoms with Crippen molar-refractivity contribution in [1.82, 2.24) is 19.9 Å². The van der Waals surface area contributed by atoms with Gasteiger partial charge in [0.1, 0.15) is 32.2 Å². The summed E-state index contributed by atoms with van der Waals surface area (Å²) in [5, 5.41) is 14.7. The minimum Gasteiger partial charge on any atom is -0.351 e. The van der Waals surface area contributed by atoms with Crippen LogP contribution in [0.4, 0.5) is 5.13 Å². The van der Waals surface area contributed by atoms with Gasteiger partial charge in [-0.05, 0) is 59.3 Å². The molecule has 0 saturated heterocycles. The van der Waals surface area contributed by atoms with Crippen molar-refractivity contribution in [3.63, 3.8) is 0 Å². The number of thiazole rings is 4. The number of benzene rings is 2. The topological polar surface area (TPSA) is 79.7 Å².